The number of anilines is 2. The van der Waals surface area contributed by atoms with Crippen LogP contribution >= 0.6 is 11.3 Å². The van der Waals surface area contributed by atoms with E-state index in [0.29, 0.717) is 29.8 Å². The predicted molar refractivity (Wildman–Crippen MR) is 129 cm³/mol. The van der Waals surface area contributed by atoms with E-state index in [0.717, 1.165) is 11.1 Å². The lowest BCUT2D eigenvalue weighted by Gasteiger charge is -2.28. The van der Waals surface area contributed by atoms with Gasteiger partial charge in [-0.3, -0.25) is 14.5 Å². The van der Waals surface area contributed by atoms with E-state index in [4.69, 9.17) is 5.26 Å². The lowest BCUT2D eigenvalue weighted by Crippen LogP contribution is -2.41. The third-order valence-electron chi connectivity index (χ3n) is 5.63. The molecule has 8 nitrogen and oxygen atoms in total. The van der Waals surface area contributed by atoms with E-state index in [1.54, 1.807) is 43.4 Å². The van der Waals surface area contributed by atoms with E-state index in [2.05, 4.69) is 20.8 Å². The molecule has 1 fully saturated rings. The number of nitrogens with one attached hydrogen (secondary N) is 1. The number of benzene rings is 1. The summed E-state index contributed by atoms with van der Waals surface area (Å²) >= 11 is 1.17. The van der Waals surface area contributed by atoms with Crippen LogP contribution in [-0.4, -0.2) is 36.6 Å². The molecule has 1 amide bonds. The van der Waals surface area contributed by atoms with Crippen molar-refractivity contribution in [3.05, 3.63) is 59.4 Å². The van der Waals surface area contributed by atoms with E-state index in [1.807, 2.05) is 24.3 Å². The third kappa shape index (κ3) is 4.74. The Morgan fingerprint density at radius 2 is 1.91 bits per heavy atom. The molecular weight excluding hydrogens is 458 g/mol. The Morgan fingerprint density at radius 1 is 1.21 bits per heavy atom. The normalized spacial score (nSPS) is 13.9. The van der Waals surface area contributed by atoms with Crippen LogP contribution in [0.2, 0.25) is 0 Å². The molecule has 0 unspecified atom stereocenters. The molecule has 1 saturated carbocycles. The summed E-state index contributed by atoms with van der Waals surface area (Å²) in [6.45, 7) is 3.54. The molecule has 170 valence electrons. The van der Waals surface area contributed by atoms with Gasteiger partial charge >= 0.3 is 0 Å². The summed E-state index contributed by atoms with van der Waals surface area (Å²) in [6, 6.07) is 11.2. The third-order valence-corrected chi connectivity index (χ3v) is 8.35. The first-order chi connectivity index (χ1) is 15.6. The van der Waals surface area contributed by atoms with Crippen molar-refractivity contribution in [2.24, 2.45) is 0 Å². The number of pyridine rings is 1. The quantitative estimate of drug-likeness (QED) is 0.547. The van der Waals surface area contributed by atoms with Gasteiger partial charge in [-0.1, -0.05) is 12.1 Å². The highest BCUT2D eigenvalue weighted by molar-refractivity contribution is 7.93. The molecule has 3 aromatic rings. The number of carbonyl (C=O) groups excluding carboxylic acids is 1. The minimum atomic E-state index is -3.40. The van der Waals surface area contributed by atoms with Crippen LogP contribution in [0, 0.1) is 11.3 Å². The number of hydrogen-bond acceptors (Lipinski definition) is 7. The number of thiazole rings is 1. The minimum absolute atomic E-state index is 0.176. The first-order valence-electron chi connectivity index (χ1n) is 10.3. The van der Waals surface area contributed by atoms with E-state index in [1.165, 1.54) is 17.5 Å². The number of nitrogens with zero attached hydrogens (tertiary/aromatic N) is 4. The van der Waals surface area contributed by atoms with Crippen LogP contribution < -0.4 is 9.62 Å². The van der Waals surface area contributed by atoms with Crippen LogP contribution in [0.4, 0.5) is 10.8 Å². The van der Waals surface area contributed by atoms with E-state index < -0.39 is 15.4 Å². The zero-order valence-corrected chi connectivity index (χ0v) is 20.1. The number of amides is 1. The van der Waals surface area contributed by atoms with Gasteiger partial charge in [-0.15, -0.1) is 11.3 Å². The highest BCUT2D eigenvalue weighted by Gasteiger charge is 2.38. The van der Waals surface area contributed by atoms with Gasteiger partial charge in [0.05, 0.1) is 21.9 Å². The molecule has 33 heavy (non-hydrogen) atoms. The van der Waals surface area contributed by atoms with E-state index in [9.17, 15) is 13.2 Å². The summed E-state index contributed by atoms with van der Waals surface area (Å²) in [5, 5.41) is 10.7. The van der Waals surface area contributed by atoms with Crippen LogP contribution in [-0.2, 0) is 20.2 Å². The summed E-state index contributed by atoms with van der Waals surface area (Å²) in [4.78, 5) is 23.4. The zero-order valence-electron chi connectivity index (χ0n) is 18.4. The highest BCUT2D eigenvalue weighted by atomic mass is 32.2. The number of likely N-dealkylation sites (N-methyl/N-ethyl adjacent to an activating group) is 1. The molecule has 1 aliphatic rings. The Balaban J connectivity index is 1.50. The molecule has 4 rings (SSSR count). The molecular formula is C23H23N5O3S2. The second-order valence-corrected chi connectivity index (χ2v) is 11.3. The number of aromatic nitrogens is 2. The Bertz CT molecular complexity index is 1340. The van der Waals surface area contributed by atoms with Gasteiger partial charge in [-0.2, -0.15) is 5.26 Å². The van der Waals surface area contributed by atoms with Crippen molar-refractivity contribution in [3.63, 3.8) is 0 Å². The standard InChI is InChI=1S/C23H23N5O3S2/c1-23(2,20-14-32-22(26-20)27-33(30,31)19-8-9-19)21(29)28(3)18-6-4-16(5-7-18)17-10-15(11-24)12-25-13-17/h4-7,10,12-14,19H,8-9H2,1-3H3,(H,26,27). The average molecular weight is 482 g/mol. The smallest absolute Gasteiger partial charge is 0.238 e. The Morgan fingerprint density at radius 3 is 2.55 bits per heavy atom. The molecule has 1 aliphatic carbocycles. The van der Waals surface area contributed by atoms with Crippen LogP contribution in [0.1, 0.15) is 37.9 Å². The van der Waals surface area contributed by atoms with Crippen molar-refractivity contribution >= 4 is 38.1 Å². The van der Waals surface area contributed by atoms with Crippen LogP contribution in [0.25, 0.3) is 11.1 Å². The van der Waals surface area contributed by atoms with E-state index >= 15 is 0 Å². The van der Waals surface area contributed by atoms with Crippen LogP contribution in [0.15, 0.2) is 48.1 Å². The Kier molecular flexibility index (Phi) is 5.95. The average Bonchev–Trinajstić information content (AvgIpc) is 3.58. The molecule has 0 radical (unpaired) electrons. The number of carbonyl (C=O) groups is 1. The maximum Gasteiger partial charge on any atom is 0.238 e. The largest absolute Gasteiger partial charge is 0.315 e. The van der Waals surface area contributed by atoms with Gasteiger partial charge in [0.25, 0.3) is 0 Å². The maximum absolute atomic E-state index is 13.3. The van der Waals surface area contributed by atoms with Gasteiger partial charge in [-0.05, 0) is 50.5 Å². The minimum Gasteiger partial charge on any atom is -0.315 e. The first kappa shape index (κ1) is 22.9. The SMILES string of the molecule is CN(C(=O)C(C)(C)c1csc(NS(=O)(=O)C2CC2)n1)c1ccc(-c2cncc(C#N)c2)cc1. The van der Waals surface area contributed by atoms with Crippen LogP contribution in [0.5, 0.6) is 0 Å². The van der Waals surface area contributed by atoms with Crippen molar-refractivity contribution in [3.8, 4) is 17.2 Å². The van der Waals surface area contributed by atoms with Gasteiger partial charge in [0, 0.05) is 36.1 Å². The monoisotopic (exact) mass is 481 g/mol. The van der Waals surface area contributed by atoms with Gasteiger partial charge < -0.3 is 4.90 Å². The first-order valence-corrected chi connectivity index (χ1v) is 12.8. The van der Waals surface area contributed by atoms with Crippen molar-refractivity contribution in [1.29, 1.82) is 5.26 Å². The topological polar surface area (TPSA) is 116 Å². The number of sulfonamides is 1. The fourth-order valence-corrected chi connectivity index (χ4v) is 5.85. The Labute approximate surface area is 197 Å². The fourth-order valence-electron chi connectivity index (χ4n) is 3.37. The molecule has 0 saturated heterocycles. The van der Waals surface area contributed by atoms with Gasteiger partial charge in [-0.25, -0.2) is 13.4 Å². The Hall–Kier alpha value is -3.29. The van der Waals surface area contributed by atoms with Crippen LogP contribution in [0.3, 0.4) is 0 Å². The lowest BCUT2D eigenvalue weighted by atomic mass is 9.88. The zero-order chi connectivity index (χ0) is 23.8. The maximum atomic E-state index is 13.3. The molecule has 1 aromatic carbocycles. The second-order valence-electron chi connectivity index (χ2n) is 8.49. The highest BCUT2D eigenvalue weighted by Crippen LogP contribution is 2.34. The van der Waals surface area contributed by atoms with Gasteiger partial charge in [0.1, 0.15) is 6.07 Å². The fraction of sp³-hybridized carbons (Fsp3) is 0.304. The number of hydrogen-bond donors (Lipinski definition) is 1. The summed E-state index contributed by atoms with van der Waals surface area (Å²) in [6.07, 6.45) is 4.53. The van der Waals surface area contributed by atoms with E-state index in [-0.39, 0.29) is 16.3 Å². The number of rotatable bonds is 7. The lowest BCUT2D eigenvalue weighted by molar-refractivity contribution is -0.122. The van der Waals surface area contributed by atoms with Crippen molar-refractivity contribution < 1.29 is 13.2 Å². The van der Waals surface area contributed by atoms with Crippen molar-refractivity contribution in [1.82, 2.24) is 9.97 Å². The van der Waals surface area contributed by atoms with Crippen molar-refractivity contribution in [2.75, 3.05) is 16.7 Å². The summed E-state index contributed by atoms with van der Waals surface area (Å²) < 4.78 is 26.9. The predicted octanol–water partition coefficient (Wildman–Crippen LogP) is 3.92. The molecule has 10 heteroatoms. The summed E-state index contributed by atoms with van der Waals surface area (Å²) in [5.74, 6) is -0.176. The molecule has 1 N–H and O–H groups in total. The summed E-state index contributed by atoms with van der Waals surface area (Å²) in [7, 11) is -1.71. The molecule has 0 aliphatic heterocycles. The molecule has 0 bridgehead atoms. The van der Waals surface area contributed by atoms with Crippen molar-refractivity contribution in [2.45, 2.75) is 37.4 Å². The van der Waals surface area contributed by atoms with Gasteiger partial charge in [0.2, 0.25) is 15.9 Å². The second kappa shape index (κ2) is 8.57. The molecule has 2 aromatic heterocycles. The van der Waals surface area contributed by atoms with Gasteiger partial charge in [0.15, 0.2) is 5.13 Å². The number of nitriles is 1. The molecule has 0 spiro atoms. The molecule has 0 atom stereocenters. The molecule has 2 heterocycles. The summed E-state index contributed by atoms with van der Waals surface area (Å²) in [5.41, 5.74) is 2.43.